The van der Waals surface area contributed by atoms with Crippen molar-refractivity contribution in [2.45, 2.75) is 6.42 Å². The molecule has 1 heterocycles. The Morgan fingerprint density at radius 1 is 1.46 bits per heavy atom. The van der Waals surface area contributed by atoms with Gasteiger partial charge in [-0.1, -0.05) is 6.08 Å². The molecule has 0 spiro atoms. The van der Waals surface area contributed by atoms with Crippen LogP contribution in [0.2, 0.25) is 0 Å². The van der Waals surface area contributed by atoms with Crippen LogP contribution >= 0.6 is 0 Å². The van der Waals surface area contributed by atoms with Crippen molar-refractivity contribution < 1.29 is 9.21 Å². The summed E-state index contributed by atoms with van der Waals surface area (Å²) in [6.45, 7) is 0.942. The van der Waals surface area contributed by atoms with Gasteiger partial charge in [-0.3, -0.25) is 4.79 Å². The fourth-order valence-corrected chi connectivity index (χ4v) is 0.948. The number of hydrogen-bond acceptors (Lipinski definition) is 3. The van der Waals surface area contributed by atoms with Gasteiger partial charge < -0.3 is 9.73 Å². The van der Waals surface area contributed by atoms with Crippen molar-refractivity contribution in [2.75, 3.05) is 13.6 Å². The van der Waals surface area contributed by atoms with Crippen LogP contribution < -0.4 is 5.32 Å². The van der Waals surface area contributed by atoms with Crippen LogP contribution in [-0.2, 0) is 0 Å². The molecule has 3 nitrogen and oxygen atoms in total. The summed E-state index contributed by atoms with van der Waals surface area (Å²) in [4.78, 5) is 10.3. The summed E-state index contributed by atoms with van der Waals surface area (Å²) in [7, 11) is 1.91. The Kier molecular flexibility index (Phi) is 3.99. The average molecular weight is 179 g/mol. The van der Waals surface area contributed by atoms with E-state index in [0.717, 1.165) is 18.7 Å². The lowest BCUT2D eigenvalue weighted by Gasteiger charge is -1.89. The van der Waals surface area contributed by atoms with Gasteiger partial charge in [-0.25, -0.2) is 0 Å². The second kappa shape index (κ2) is 5.32. The largest absolute Gasteiger partial charge is 0.454 e. The first kappa shape index (κ1) is 9.74. The second-order valence-electron chi connectivity index (χ2n) is 2.65. The molecule has 13 heavy (non-hydrogen) atoms. The molecule has 0 aliphatic heterocycles. The standard InChI is InChI=1S/C10H13NO2/c1-11-7-3-2-4-9-5-6-10(8-12)13-9/h2,4-6,8,11H,3,7H2,1H3. The molecule has 1 aromatic heterocycles. The lowest BCUT2D eigenvalue weighted by Crippen LogP contribution is -2.05. The van der Waals surface area contributed by atoms with Crippen LogP contribution in [0.5, 0.6) is 0 Å². The molecule has 0 unspecified atom stereocenters. The van der Waals surface area contributed by atoms with Crippen molar-refractivity contribution in [3.05, 3.63) is 29.7 Å². The highest BCUT2D eigenvalue weighted by atomic mass is 16.3. The van der Waals surface area contributed by atoms with Crippen molar-refractivity contribution >= 4 is 12.4 Å². The maximum atomic E-state index is 10.3. The maximum Gasteiger partial charge on any atom is 0.185 e. The minimum atomic E-state index is 0.369. The molecule has 1 aromatic rings. The highest BCUT2D eigenvalue weighted by Gasteiger charge is 1.95. The summed E-state index contributed by atoms with van der Waals surface area (Å²) in [5.41, 5.74) is 0. The Morgan fingerprint density at radius 2 is 2.23 bits per heavy atom. The molecule has 1 N–H and O–H groups in total. The van der Waals surface area contributed by atoms with E-state index >= 15 is 0 Å². The molecule has 0 radical (unpaired) electrons. The number of nitrogens with one attached hydrogen (secondary N) is 1. The van der Waals surface area contributed by atoms with Gasteiger partial charge in [-0.2, -0.15) is 0 Å². The van der Waals surface area contributed by atoms with Gasteiger partial charge in [0.25, 0.3) is 0 Å². The predicted octanol–water partition coefficient (Wildman–Crippen LogP) is 1.71. The molecule has 3 heteroatoms. The van der Waals surface area contributed by atoms with Gasteiger partial charge in [0.1, 0.15) is 5.76 Å². The van der Waals surface area contributed by atoms with Gasteiger partial charge in [0.2, 0.25) is 0 Å². The molecule has 0 amide bonds. The zero-order chi connectivity index (χ0) is 9.52. The minimum absolute atomic E-state index is 0.369. The molecule has 0 atom stereocenters. The molecule has 0 aromatic carbocycles. The van der Waals surface area contributed by atoms with Gasteiger partial charge in [0.15, 0.2) is 12.0 Å². The summed E-state index contributed by atoms with van der Waals surface area (Å²) >= 11 is 0. The van der Waals surface area contributed by atoms with Gasteiger partial charge >= 0.3 is 0 Å². The topological polar surface area (TPSA) is 42.2 Å². The number of furan rings is 1. The Hall–Kier alpha value is -1.35. The third-order valence-corrected chi connectivity index (χ3v) is 1.61. The monoisotopic (exact) mass is 179 g/mol. The molecule has 1 rings (SSSR count). The van der Waals surface area contributed by atoms with E-state index < -0.39 is 0 Å². The fourth-order valence-electron chi connectivity index (χ4n) is 0.948. The minimum Gasteiger partial charge on any atom is -0.454 e. The van der Waals surface area contributed by atoms with Crippen molar-refractivity contribution in [1.29, 1.82) is 0 Å². The van der Waals surface area contributed by atoms with Gasteiger partial charge in [-0.05, 0) is 38.2 Å². The first-order chi connectivity index (χ1) is 6.36. The Balaban J connectivity index is 2.44. The fraction of sp³-hybridized carbons (Fsp3) is 0.300. The smallest absolute Gasteiger partial charge is 0.185 e. The van der Waals surface area contributed by atoms with E-state index in [1.54, 1.807) is 12.1 Å². The van der Waals surface area contributed by atoms with Crippen LogP contribution in [-0.4, -0.2) is 19.9 Å². The summed E-state index contributed by atoms with van der Waals surface area (Å²) < 4.78 is 5.14. The summed E-state index contributed by atoms with van der Waals surface area (Å²) in [5.74, 6) is 1.09. The van der Waals surface area contributed by atoms with Crippen molar-refractivity contribution in [1.82, 2.24) is 5.32 Å². The van der Waals surface area contributed by atoms with Gasteiger partial charge in [-0.15, -0.1) is 0 Å². The summed E-state index contributed by atoms with van der Waals surface area (Å²) in [6, 6.07) is 3.43. The van der Waals surface area contributed by atoms with Crippen LogP contribution in [0.3, 0.4) is 0 Å². The maximum absolute atomic E-state index is 10.3. The number of hydrogen-bond donors (Lipinski definition) is 1. The van der Waals surface area contributed by atoms with Gasteiger partial charge in [0, 0.05) is 0 Å². The van der Waals surface area contributed by atoms with E-state index in [9.17, 15) is 4.79 Å². The van der Waals surface area contributed by atoms with Crippen molar-refractivity contribution in [2.24, 2.45) is 0 Å². The number of carbonyl (C=O) groups is 1. The normalized spacial score (nSPS) is 10.8. The predicted molar refractivity (Wildman–Crippen MR) is 51.7 cm³/mol. The molecular formula is C10H13NO2. The molecule has 0 aliphatic rings. The van der Waals surface area contributed by atoms with Crippen LogP contribution in [0.1, 0.15) is 22.7 Å². The first-order valence-electron chi connectivity index (χ1n) is 4.23. The molecule has 0 saturated heterocycles. The van der Waals surface area contributed by atoms with Crippen LogP contribution in [0.4, 0.5) is 0 Å². The van der Waals surface area contributed by atoms with Crippen molar-refractivity contribution in [3.8, 4) is 0 Å². The zero-order valence-corrected chi connectivity index (χ0v) is 7.62. The zero-order valence-electron chi connectivity index (χ0n) is 7.62. The van der Waals surface area contributed by atoms with Crippen molar-refractivity contribution in [3.63, 3.8) is 0 Å². The van der Waals surface area contributed by atoms with E-state index in [4.69, 9.17) is 4.42 Å². The molecule has 0 bridgehead atoms. The van der Waals surface area contributed by atoms with Gasteiger partial charge in [0.05, 0.1) is 0 Å². The summed E-state index contributed by atoms with van der Waals surface area (Å²) in [5, 5.41) is 3.03. The third kappa shape index (κ3) is 3.25. The van der Waals surface area contributed by atoms with E-state index in [0.29, 0.717) is 12.0 Å². The van der Waals surface area contributed by atoms with E-state index in [-0.39, 0.29) is 0 Å². The van der Waals surface area contributed by atoms with E-state index in [1.807, 2.05) is 19.2 Å². The average Bonchev–Trinajstić information content (AvgIpc) is 2.60. The third-order valence-electron chi connectivity index (χ3n) is 1.61. The molecule has 0 fully saturated rings. The SMILES string of the molecule is CNCCC=Cc1ccc(C=O)o1. The quantitative estimate of drug-likeness (QED) is 0.552. The van der Waals surface area contributed by atoms with Crippen LogP contribution in [0.25, 0.3) is 6.08 Å². The Bertz CT molecular complexity index is 289. The number of aldehydes is 1. The highest BCUT2D eigenvalue weighted by Crippen LogP contribution is 2.07. The Labute approximate surface area is 77.4 Å². The molecule has 70 valence electrons. The highest BCUT2D eigenvalue weighted by molar-refractivity contribution is 5.71. The lowest BCUT2D eigenvalue weighted by molar-refractivity contribution is 0.110. The first-order valence-corrected chi connectivity index (χ1v) is 4.23. The summed E-state index contributed by atoms with van der Waals surface area (Å²) in [6.07, 6.45) is 5.52. The van der Waals surface area contributed by atoms with Crippen LogP contribution in [0, 0.1) is 0 Å². The van der Waals surface area contributed by atoms with E-state index in [2.05, 4.69) is 5.32 Å². The molecule has 0 aliphatic carbocycles. The molecular weight excluding hydrogens is 166 g/mol. The number of carbonyl (C=O) groups excluding carboxylic acids is 1. The molecule has 0 saturated carbocycles. The second-order valence-corrected chi connectivity index (χ2v) is 2.65. The van der Waals surface area contributed by atoms with E-state index in [1.165, 1.54) is 0 Å². The number of rotatable bonds is 5. The Morgan fingerprint density at radius 3 is 2.85 bits per heavy atom. The van der Waals surface area contributed by atoms with Crippen LogP contribution in [0.15, 0.2) is 22.6 Å². The lowest BCUT2D eigenvalue weighted by atomic mass is 10.3.